The molecule has 0 radical (unpaired) electrons. The van der Waals surface area contributed by atoms with Crippen LogP contribution in [0.4, 0.5) is 0 Å². The van der Waals surface area contributed by atoms with Gasteiger partial charge in [0.2, 0.25) is 5.91 Å². The van der Waals surface area contributed by atoms with Crippen LogP contribution in [0.5, 0.6) is 0 Å². The first kappa shape index (κ1) is 24.1. The van der Waals surface area contributed by atoms with Gasteiger partial charge in [0.1, 0.15) is 0 Å². The van der Waals surface area contributed by atoms with E-state index in [1.165, 1.54) is 0 Å². The van der Waals surface area contributed by atoms with Gasteiger partial charge in [-0.1, -0.05) is 27.7 Å². The average Bonchev–Trinajstić information content (AvgIpc) is 2.49. The van der Waals surface area contributed by atoms with Gasteiger partial charge < -0.3 is 5.73 Å². The van der Waals surface area contributed by atoms with E-state index in [4.69, 9.17) is 11.0 Å². The Morgan fingerprint density at radius 1 is 1.17 bits per heavy atom. The van der Waals surface area contributed by atoms with E-state index in [-0.39, 0.29) is 24.2 Å². The molecule has 0 unspecified atom stereocenters. The van der Waals surface area contributed by atoms with Gasteiger partial charge in [-0.3, -0.25) is 4.79 Å². The summed E-state index contributed by atoms with van der Waals surface area (Å²) >= 11 is 5.28. The second kappa shape index (κ2) is 13.3. The molecule has 0 aromatic heterocycles. The van der Waals surface area contributed by atoms with Gasteiger partial charge in [-0.15, -0.1) is 0 Å². The molecule has 0 fully saturated rings. The molecule has 0 aliphatic carbocycles. The molecular formula is C18H30N2OS2. The molecule has 0 bridgehead atoms. The summed E-state index contributed by atoms with van der Waals surface area (Å²) in [6.07, 6.45) is 6.02. The van der Waals surface area contributed by atoms with Gasteiger partial charge in [0, 0.05) is 0 Å². The normalized spacial score (nSPS) is 9.43. The maximum absolute atomic E-state index is 11.2. The van der Waals surface area contributed by atoms with Gasteiger partial charge in [-0.05, 0) is 59.4 Å². The van der Waals surface area contributed by atoms with E-state index < -0.39 is 0 Å². The summed E-state index contributed by atoms with van der Waals surface area (Å²) in [6, 6.07) is 5.92. The lowest BCUT2D eigenvalue weighted by Crippen LogP contribution is -2.17. The number of nitrogens with zero attached hydrogens (tertiary/aromatic N) is 1. The zero-order valence-corrected chi connectivity index (χ0v) is 17.0. The number of nitriles is 1. The molecule has 1 aromatic rings. The minimum absolute atomic E-state index is 0.243. The van der Waals surface area contributed by atoms with Gasteiger partial charge in [0.05, 0.1) is 18.1 Å². The van der Waals surface area contributed by atoms with Crippen LogP contribution in [-0.4, -0.2) is 24.7 Å². The molecule has 2 N–H and O–H groups in total. The third kappa shape index (κ3) is 8.92. The highest BCUT2D eigenvalue weighted by atomic mass is 32.2. The number of hydrogen-bond acceptors (Lipinski definition) is 4. The standard InChI is InChI=1S/C15H20N2O.C2H6S.CH4S/c1-9(2)12-5-11(8-16)6-13(10(3)4)14(12)7-15(17)18;1-3-2;1-2/h5-6,9-10H,7H2,1-4H3,(H2,17,18);1-2H3;2H,1H3. The van der Waals surface area contributed by atoms with Crippen LogP contribution < -0.4 is 5.73 Å². The van der Waals surface area contributed by atoms with Crippen molar-refractivity contribution in [3.05, 3.63) is 34.4 Å². The molecule has 3 nitrogen and oxygen atoms in total. The summed E-state index contributed by atoms with van der Waals surface area (Å²) in [6.45, 7) is 8.24. The summed E-state index contributed by atoms with van der Waals surface area (Å²) in [5, 5.41) is 9.08. The lowest BCUT2D eigenvalue weighted by molar-refractivity contribution is -0.117. The summed E-state index contributed by atoms with van der Waals surface area (Å²) < 4.78 is 0. The third-order valence-corrected chi connectivity index (χ3v) is 3.04. The molecule has 0 aliphatic heterocycles. The fraction of sp³-hybridized carbons (Fsp3) is 0.556. The highest BCUT2D eigenvalue weighted by Gasteiger charge is 2.17. The zero-order chi connectivity index (χ0) is 18.6. The quantitative estimate of drug-likeness (QED) is 0.790. The van der Waals surface area contributed by atoms with Crippen LogP contribution >= 0.6 is 24.4 Å². The maximum Gasteiger partial charge on any atom is 0.221 e. The number of amides is 1. The van der Waals surface area contributed by atoms with Crippen LogP contribution in [0.15, 0.2) is 12.1 Å². The number of benzene rings is 1. The molecule has 5 heteroatoms. The van der Waals surface area contributed by atoms with E-state index in [9.17, 15) is 4.79 Å². The smallest absolute Gasteiger partial charge is 0.221 e. The van der Waals surface area contributed by atoms with Gasteiger partial charge in [0.25, 0.3) is 0 Å². The zero-order valence-electron chi connectivity index (χ0n) is 15.3. The van der Waals surface area contributed by atoms with Gasteiger partial charge in [0.15, 0.2) is 0 Å². The molecule has 1 amide bonds. The highest BCUT2D eigenvalue weighted by Crippen LogP contribution is 2.29. The summed E-state index contributed by atoms with van der Waals surface area (Å²) in [5.74, 6) is 0.207. The van der Waals surface area contributed by atoms with Crippen LogP contribution in [0, 0.1) is 11.3 Å². The number of hydrogen-bond donors (Lipinski definition) is 2. The Hall–Kier alpha value is -1.12. The molecular weight excluding hydrogens is 324 g/mol. The molecule has 1 aromatic carbocycles. The minimum Gasteiger partial charge on any atom is -0.369 e. The van der Waals surface area contributed by atoms with Crippen molar-refractivity contribution in [3.63, 3.8) is 0 Å². The number of primary amides is 1. The number of thiol groups is 1. The van der Waals surface area contributed by atoms with Gasteiger partial charge in [-0.2, -0.15) is 29.7 Å². The molecule has 23 heavy (non-hydrogen) atoms. The average molecular weight is 355 g/mol. The molecule has 130 valence electrons. The van der Waals surface area contributed by atoms with Crippen LogP contribution in [0.25, 0.3) is 0 Å². The summed E-state index contributed by atoms with van der Waals surface area (Å²) in [7, 11) is 0. The lowest BCUT2D eigenvalue weighted by Gasteiger charge is -2.19. The molecule has 0 spiro atoms. The van der Waals surface area contributed by atoms with E-state index in [0.29, 0.717) is 5.56 Å². The van der Waals surface area contributed by atoms with E-state index in [1.807, 2.05) is 24.6 Å². The molecule has 1 rings (SSSR count). The summed E-state index contributed by atoms with van der Waals surface area (Å²) in [5.41, 5.74) is 9.07. The predicted molar refractivity (Wildman–Crippen MR) is 107 cm³/mol. The predicted octanol–water partition coefficient (Wildman–Crippen LogP) is 4.36. The van der Waals surface area contributed by atoms with Crippen molar-refractivity contribution in [1.29, 1.82) is 5.26 Å². The second-order valence-electron chi connectivity index (χ2n) is 5.61. The Kier molecular flexibility index (Phi) is 14.0. The van der Waals surface area contributed by atoms with Crippen LogP contribution in [0.1, 0.15) is 61.8 Å². The van der Waals surface area contributed by atoms with E-state index in [1.54, 1.807) is 18.0 Å². The van der Waals surface area contributed by atoms with Crippen molar-refractivity contribution >= 4 is 30.3 Å². The fourth-order valence-electron chi connectivity index (χ4n) is 2.19. The topological polar surface area (TPSA) is 66.9 Å². The van der Waals surface area contributed by atoms with Crippen molar-refractivity contribution in [2.24, 2.45) is 5.73 Å². The molecule has 0 saturated carbocycles. The minimum atomic E-state index is -0.330. The number of carbonyl (C=O) groups excluding carboxylic acids is 1. The van der Waals surface area contributed by atoms with Crippen LogP contribution in [0.2, 0.25) is 0 Å². The van der Waals surface area contributed by atoms with E-state index in [2.05, 4.69) is 46.4 Å². The largest absolute Gasteiger partial charge is 0.369 e. The molecule has 0 atom stereocenters. The maximum atomic E-state index is 11.2. The molecule has 0 saturated heterocycles. The number of nitrogens with two attached hydrogens (primary N) is 1. The molecule has 0 heterocycles. The number of rotatable bonds is 4. The SMILES string of the molecule is CC(C)c1cc(C#N)cc(C(C)C)c1CC(N)=O.CS.CSC. The van der Waals surface area contributed by atoms with Crippen molar-refractivity contribution in [2.75, 3.05) is 18.8 Å². The Balaban J connectivity index is 0. The first-order valence-electron chi connectivity index (χ1n) is 7.48. The van der Waals surface area contributed by atoms with E-state index in [0.717, 1.165) is 16.7 Å². The van der Waals surface area contributed by atoms with Gasteiger partial charge in [-0.25, -0.2) is 0 Å². The number of thioether (sulfide) groups is 1. The van der Waals surface area contributed by atoms with Crippen LogP contribution in [-0.2, 0) is 11.2 Å². The second-order valence-corrected chi connectivity index (χ2v) is 6.42. The van der Waals surface area contributed by atoms with Crippen molar-refractivity contribution in [3.8, 4) is 6.07 Å². The Morgan fingerprint density at radius 2 is 1.52 bits per heavy atom. The van der Waals surface area contributed by atoms with Crippen molar-refractivity contribution in [1.82, 2.24) is 0 Å². The number of carbonyl (C=O) groups is 1. The summed E-state index contributed by atoms with van der Waals surface area (Å²) in [4.78, 5) is 11.2. The van der Waals surface area contributed by atoms with Gasteiger partial charge >= 0.3 is 0 Å². The Morgan fingerprint density at radius 3 is 1.74 bits per heavy atom. The Bertz CT molecular complexity index is 491. The molecule has 0 aliphatic rings. The van der Waals surface area contributed by atoms with E-state index >= 15 is 0 Å². The highest BCUT2D eigenvalue weighted by molar-refractivity contribution is 7.97. The monoisotopic (exact) mass is 354 g/mol. The first-order valence-corrected chi connectivity index (χ1v) is 10.0. The Labute approximate surface area is 151 Å². The van der Waals surface area contributed by atoms with Crippen LogP contribution in [0.3, 0.4) is 0 Å². The fourth-order valence-corrected chi connectivity index (χ4v) is 2.19. The van der Waals surface area contributed by atoms with Crippen molar-refractivity contribution in [2.45, 2.75) is 46.0 Å². The third-order valence-electron chi connectivity index (χ3n) is 3.04. The lowest BCUT2D eigenvalue weighted by atomic mass is 9.85. The van der Waals surface area contributed by atoms with Crippen molar-refractivity contribution < 1.29 is 4.79 Å². The first-order chi connectivity index (χ1) is 10.8.